The van der Waals surface area contributed by atoms with Crippen LogP contribution in [-0.4, -0.2) is 181 Å². The lowest BCUT2D eigenvalue weighted by Gasteiger charge is -2.51. The maximum absolute atomic E-state index is 17.0. The van der Waals surface area contributed by atoms with Crippen LogP contribution in [0.3, 0.4) is 0 Å². The first-order chi connectivity index (χ1) is 43.0. The van der Waals surface area contributed by atoms with E-state index < -0.39 is 127 Å². The first kappa shape index (κ1) is 67.1. The molecule has 0 spiro atoms. The van der Waals surface area contributed by atoms with Gasteiger partial charge in [-0.1, -0.05) is 77.3 Å². The van der Waals surface area contributed by atoms with Crippen molar-refractivity contribution in [3.05, 3.63) is 154 Å². The zero-order valence-electron chi connectivity index (χ0n) is 50.7. The third-order valence-corrected chi connectivity index (χ3v) is 22.6. The standard InChI is InChI=1S/C64H70Cl3N9O12S3/c1-39(2)71(27-22-52-9-7-8-26-68-52)63(82)64(74-29-23-56(60(74)79)69-89(83,84)53-19-13-43-31-49(65)16-10-46(43)34-53,75-30-24-57(61(75)80)70-90(85,86)54-20-14-44-32-50(66)17-11-47(44)35-54)38-76(91(87,88)55-21-15-45-33-51(67)18-12-48(45)36-55)58-25-28-72(62(58)81)42(6)59(78)73(40(3)4)37-41(5)77/h7-21,26,31-36,39-42,56-58,69-70,77H,22-25,27-30,37-38H2,1-6H3/t41?,42-,56-,57-,58-/m0/s1. The Hall–Kier alpha value is -6.84. The van der Waals surface area contributed by atoms with Gasteiger partial charge in [0.1, 0.15) is 24.2 Å². The van der Waals surface area contributed by atoms with Crippen LogP contribution in [0.2, 0.25) is 15.1 Å². The monoisotopic (exact) mass is 1360 g/mol. The highest BCUT2D eigenvalue weighted by Crippen LogP contribution is 2.40. The van der Waals surface area contributed by atoms with Gasteiger partial charge in [0.2, 0.25) is 59.4 Å². The number of sulfonamides is 3. The van der Waals surface area contributed by atoms with Crippen molar-refractivity contribution in [1.82, 2.24) is 43.2 Å². The van der Waals surface area contributed by atoms with Gasteiger partial charge < -0.3 is 29.6 Å². The van der Waals surface area contributed by atoms with Crippen molar-refractivity contribution in [2.45, 2.75) is 130 Å². The zero-order chi connectivity index (χ0) is 65.6. The number of amides is 5. The van der Waals surface area contributed by atoms with E-state index in [0.29, 0.717) is 53.1 Å². The second kappa shape index (κ2) is 26.6. The Morgan fingerprint density at radius 3 is 1.49 bits per heavy atom. The fraction of sp³-hybridized carbons (Fsp3) is 0.375. The van der Waals surface area contributed by atoms with E-state index in [4.69, 9.17) is 34.8 Å². The van der Waals surface area contributed by atoms with Crippen molar-refractivity contribution in [3.8, 4) is 0 Å². The molecule has 3 aliphatic heterocycles. The van der Waals surface area contributed by atoms with Gasteiger partial charge in [-0.25, -0.2) is 25.3 Å². The average molecular weight is 1360 g/mol. The number of carbonyl (C=O) groups is 5. The van der Waals surface area contributed by atoms with E-state index in [1.54, 1.807) is 119 Å². The Labute approximate surface area is 544 Å². The quantitative estimate of drug-likeness (QED) is 0.0563. The lowest BCUT2D eigenvalue weighted by molar-refractivity contribution is -0.175. The minimum Gasteiger partial charge on any atom is -0.392 e. The predicted octanol–water partition coefficient (Wildman–Crippen LogP) is 7.43. The topological polar surface area (TPSA) is 264 Å². The number of nitrogens with one attached hydrogen (secondary N) is 2. The fourth-order valence-corrected chi connectivity index (χ4v) is 17.1. The highest BCUT2D eigenvalue weighted by molar-refractivity contribution is 7.90. The van der Waals surface area contributed by atoms with Crippen LogP contribution in [0, 0.1) is 0 Å². The first-order valence-electron chi connectivity index (χ1n) is 29.8. The van der Waals surface area contributed by atoms with Gasteiger partial charge in [0.05, 0.1) is 27.3 Å². The number of aliphatic hydroxyl groups excluding tert-OH is 1. The van der Waals surface area contributed by atoms with E-state index >= 15 is 27.6 Å². The van der Waals surface area contributed by atoms with Gasteiger partial charge >= 0.3 is 0 Å². The lowest BCUT2D eigenvalue weighted by Crippen LogP contribution is -2.75. The summed E-state index contributed by atoms with van der Waals surface area (Å²) in [7, 11) is -14.4. The molecule has 7 aromatic rings. The summed E-state index contributed by atoms with van der Waals surface area (Å²) in [6.07, 6.45) is -0.279. The third kappa shape index (κ3) is 13.7. The minimum absolute atomic E-state index is 0.0888. The number of carbonyl (C=O) groups excluding carboxylic acids is 5. The molecule has 1 unspecified atom stereocenters. The second-order valence-electron chi connectivity index (χ2n) is 23.8. The van der Waals surface area contributed by atoms with Crippen molar-refractivity contribution >= 4 is 127 Å². The molecule has 0 saturated carbocycles. The Bertz CT molecular complexity index is 4210. The molecule has 3 N–H and O–H groups in total. The smallest absolute Gasteiger partial charge is 0.271 e. The Morgan fingerprint density at radius 1 is 0.593 bits per heavy atom. The van der Waals surface area contributed by atoms with Crippen molar-refractivity contribution in [3.63, 3.8) is 0 Å². The van der Waals surface area contributed by atoms with Gasteiger partial charge in [-0.15, -0.1) is 0 Å². The number of aromatic nitrogens is 1. The summed E-state index contributed by atoms with van der Waals surface area (Å²) in [4.78, 5) is 88.6. The van der Waals surface area contributed by atoms with E-state index in [0.717, 1.165) is 14.1 Å². The summed E-state index contributed by atoms with van der Waals surface area (Å²) in [6.45, 7) is 7.18. The first-order valence-corrected chi connectivity index (χ1v) is 35.3. The molecule has 91 heavy (non-hydrogen) atoms. The van der Waals surface area contributed by atoms with Crippen LogP contribution < -0.4 is 9.44 Å². The summed E-state index contributed by atoms with van der Waals surface area (Å²) in [5, 5.41) is 14.8. The van der Waals surface area contributed by atoms with Gasteiger partial charge in [0, 0.05) is 78.2 Å². The molecule has 10 rings (SSSR count). The molecule has 1 aromatic heterocycles. The summed E-state index contributed by atoms with van der Waals surface area (Å²) in [6, 6.07) is 24.8. The molecular weight excluding hydrogens is 1290 g/mol. The van der Waals surface area contributed by atoms with Crippen LogP contribution in [0.4, 0.5) is 0 Å². The molecule has 27 heteroatoms. The molecule has 3 fully saturated rings. The molecule has 5 amide bonds. The second-order valence-corrected chi connectivity index (χ2v) is 30.5. The molecule has 4 heterocycles. The van der Waals surface area contributed by atoms with E-state index in [1.807, 2.05) is 0 Å². The van der Waals surface area contributed by atoms with Crippen LogP contribution in [-0.2, 0) is 60.5 Å². The normalized spacial score (nSPS) is 18.5. The van der Waals surface area contributed by atoms with Crippen molar-refractivity contribution in [2.75, 3.05) is 39.3 Å². The van der Waals surface area contributed by atoms with Crippen LogP contribution in [0.25, 0.3) is 32.3 Å². The van der Waals surface area contributed by atoms with Crippen LogP contribution in [0.5, 0.6) is 0 Å². The van der Waals surface area contributed by atoms with Crippen molar-refractivity contribution in [2.24, 2.45) is 0 Å². The molecule has 3 aliphatic rings. The molecule has 0 radical (unpaired) electrons. The van der Waals surface area contributed by atoms with Crippen molar-refractivity contribution < 1.29 is 54.3 Å². The number of likely N-dealkylation sites (tertiary alicyclic amines) is 3. The molecule has 3 saturated heterocycles. The maximum atomic E-state index is 17.0. The maximum Gasteiger partial charge on any atom is 0.271 e. The molecule has 5 atom stereocenters. The molecule has 0 bridgehead atoms. The summed E-state index contributed by atoms with van der Waals surface area (Å²) >= 11 is 18.9. The van der Waals surface area contributed by atoms with E-state index in [-0.39, 0.29) is 60.0 Å². The van der Waals surface area contributed by atoms with Crippen LogP contribution >= 0.6 is 34.8 Å². The molecule has 0 aliphatic carbocycles. The van der Waals surface area contributed by atoms with Crippen LogP contribution in [0.1, 0.15) is 66.5 Å². The fourth-order valence-electron chi connectivity index (χ4n) is 12.4. The highest BCUT2D eigenvalue weighted by Gasteiger charge is 2.63. The number of benzene rings is 6. The summed E-state index contributed by atoms with van der Waals surface area (Å²) in [5.41, 5.74) is -2.35. The number of fused-ring (bicyclic) bond motifs is 3. The molecule has 482 valence electrons. The predicted molar refractivity (Wildman–Crippen MR) is 347 cm³/mol. The molecular formula is C64H70Cl3N9O12S3. The molecule has 6 aromatic carbocycles. The lowest BCUT2D eigenvalue weighted by atomic mass is 10.0. The van der Waals surface area contributed by atoms with Crippen molar-refractivity contribution in [1.29, 1.82) is 0 Å². The average Bonchev–Trinajstić information content (AvgIpc) is 1.66. The number of pyridine rings is 1. The largest absolute Gasteiger partial charge is 0.392 e. The minimum atomic E-state index is -5.17. The Balaban J connectivity index is 1.15. The van der Waals surface area contributed by atoms with E-state index in [2.05, 4.69) is 14.4 Å². The SMILES string of the molecule is CC(O)CN(C(=O)[C@H](C)N1CC[C@H](N(CC(C(=O)N(CCc2ccccn2)C(C)C)(N2CC[C@H](NS(=O)(=O)c3ccc4cc(Cl)ccc4c3)C2=O)N2CC[C@H](NS(=O)(=O)c3ccc4cc(Cl)ccc4c3)C2=O)S(=O)(=O)c2ccc3cc(Cl)ccc3c2)C1=O)C(C)C. The Kier molecular flexibility index (Phi) is 19.6. The highest BCUT2D eigenvalue weighted by atomic mass is 35.5. The molecule has 21 nitrogen and oxygen atoms in total. The third-order valence-electron chi connectivity index (χ3n) is 17.1. The van der Waals surface area contributed by atoms with Crippen LogP contribution in [0.15, 0.2) is 148 Å². The number of rotatable bonds is 23. The summed E-state index contributed by atoms with van der Waals surface area (Å²) in [5.74, 6) is -4.57. The van der Waals surface area contributed by atoms with E-state index in [9.17, 15) is 26.7 Å². The number of hydrogen-bond acceptors (Lipinski definition) is 13. The van der Waals surface area contributed by atoms with Gasteiger partial charge in [-0.05, 0) is 178 Å². The van der Waals surface area contributed by atoms with Gasteiger partial charge in [0.25, 0.3) is 5.91 Å². The van der Waals surface area contributed by atoms with Gasteiger partial charge in [-0.2, -0.15) is 13.7 Å². The number of nitrogens with zero attached hydrogens (tertiary/aromatic N) is 7. The zero-order valence-corrected chi connectivity index (χ0v) is 55.5. The summed E-state index contributed by atoms with van der Waals surface area (Å²) < 4.78 is 96.9. The van der Waals surface area contributed by atoms with Gasteiger partial charge in [-0.3, -0.25) is 29.0 Å². The van der Waals surface area contributed by atoms with E-state index in [1.165, 1.54) is 71.0 Å². The van der Waals surface area contributed by atoms with Gasteiger partial charge in [0.15, 0.2) is 0 Å². The Morgan fingerprint density at radius 2 is 1.04 bits per heavy atom. The number of aliphatic hydroxyl groups is 1. The number of halogens is 3. The number of hydrogen-bond donors (Lipinski definition) is 3.